The summed E-state index contributed by atoms with van der Waals surface area (Å²) in [4.78, 5) is 25.3. The molecule has 0 atom stereocenters. The molecule has 17 heavy (non-hydrogen) atoms. The van der Waals surface area contributed by atoms with Crippen molar-refractivity contribution in [3.05, 3.63) is 23.3 Å². The third kappa shape index (κ3) is 2.45. The number of imide groups is 1. The van der Waals surface area contributed by atoms with Crippen LogP contribution in [0, 0.1) is 0 Å². The molecule has 1 fully saturated rings. The van der Waals surface area contributed by atoms with Crippen molar-refractivity contribution in [2.24, 2.45) is 5.14 Å². The lowest BCUT2D eigenvalue weighted by molar-refractivity contribution is -0.136. The molecule has 1 aliphatic carbocycles. The normalized spacial score (nSPS) is 19.2. The van der Waals surface area contributed by atoms with Crippen molar-refractivity contribution in [1.29, 1.82) is 0 Å². The molecule has 2 rings (SSSR count). The minimum Gasteiger partial charge on any atom is -0.278 e. The second-order valence-electron chi connectivity index (χ2n) is 4.15. The molecule has 0 bridgehead atoms. The summed E-state index contributed by atoms with van der Waals surface area (Å²) in [6, 6.07) is 0. The number of rotatable bonds is 5. The Kier molecular flexibility index (Phi) is 4.02. The first kappa shape index (κ1) is 12.4. The Hall–Kier alpha value is -1.07. The lowest BCUT2D eigenvalue weighted by atomic mass is 10.0. The number of carbonyl (C=O) groups is 2. The highest BCUT2D eigenvalue weighted by molar-refractivity contribution is 7.97. The van der Waals surface area contributed by atoms with Crippen LogP contribution in [0.5, 0.6) is 0 Å². The molecule has 0 aromatic heterocycles. The van der Waals surface area contributed by atoms with Gasteiger partial charge in [0.25, 0.3) is 11.8 Å². The SMILES string of the molecule is NSCCCCN1C(=O)C2=CCCC=C2C1=O. The minimum absolute atomic E-state index is 0.124. The maximum absolute atomic E-state index is 12.0. The number of hydrogen-bond acceptors (Lipinski definition) is 4. The Morgan fingerprint density at radius 2 is 1.71 bits per heavy atom. The molecule has 2 N–H and O–H groups in total. The van der Waals surface area contributed by atoms with Crippen LogP contribution >= 0.6 is 11.9 Å². The Bertz CT molecular complexity index is 369. The molecular weight excluding hydrogens is 236 g/mol. The molecule has 92 valence electrons. The first-order valence-corrected chi connectivity index (χ1v) is 6.89. The van der Waals surface area contributed by atoms with E-state index < -0.39 is 0 Å². The molecular formula is C12H16N2O2S. The quantitative estimate of drug-likeness (QED) is 0.456. The lowest BCUT2D eigenvalue weighted by Crippen LogP contribution is -2.30. The summed E-state index contributed by atoms with van der Waals surface area (Å²) in [6.45, 7) is 0.507. The highest BCUT2D eigenvalue weighted by Gasteiger charge is 2.38. The number of hydrogen-bond donors (Lipinski definition) is 1. The molecule has 2 amide bonds. The molecule has 1 saturated heterocycles. The van der Waals surface area contributed by atoms with E-state index in [-0.39, 0.29) is 11.8 Å². The van der Waals surface area contributed by atoms with Crippen molar-refractivity contribution in [2.75, 3.05) is 12.3 Å². The molecule has 0 radical (unpaired) electrons. The molecule has 0 spiro atoms. The standard InChI is InChI=1S/C12H16N2O2S/c13-17-8-4-3-7-14-11(15)9-5-1-2-6-10(9)12(14)16/h5-6H,1-4,7-8,13H2. The number of allylic oxidation sites excluding steroid dienone is 2. The van der Waals surface area contributed by atoms with Gasteiger partial charge in [-0.15, -0.1) is 0 Å². The average Bonchev–Trinajstić information content (AvgIpc) is 2.60. The predicted molar refractivity (Wildman–Crippen MR) is 68.0 cm³/mol. The maximum Gasteiger partial charge on any atom is 0.261 e. The molecule has 0 aromatic rings. The summed E-state index contributed by atoms with van der Waals surface area (Å²) < 4.78 is 0. The fourth-order valence-electron chi connectivity index (χ4n) is 2.12. The van der Waals surface area contributed by atoms with Crippen LogP contribution in [-0.4, -0.2) is 29.0 Å². The molecule has 0 aromatic carbocycles. The molecule has 5 heteroatoms. The van der Waals surface area contributed by atoms with E-state index in [0.29, 0.717) is 17.7 Å². The van der Waals surface area contributed by atoms with E-state index in [4.69, 9.17) is 5.14 Å². The van der Waals surface area contributed by atoms with Gasteiger partial charge >= 0.3 is 0 Å². The van der Waals surface area contributed by atoms with Crippen molar-refractivity contribution < 1.29 is 9.59 Å². The van der Waals surface area contributed by atoms with Crippen LogP contribution < -0.4 is 5.14 Å². The van der Waals surface area contributed by atoms with Crippen LogP contribution in [0.15, 0.2) is 23.3 Å². The Balaban J connectivity index is 2.00. The number of fused-ring (bicyclic) bond motifs is 1. The Morgan fingerprint density at radius 1 is 1.12 bits per heavy atom. The van der Waals surface area contributed by atoms with E-state index in [1.165, 1.54) is 16.8 Å². The van der Waals surface area contributed by atoms with Gasteiger partial charge in [-0.25, -0.2) is 0 Å². The molecule has 4 nitrogen and oxygen atoms in total. The number of likely N-dealkylation sites (tertiary alicyclic amines) is 1. The van der Waals surface area contributed by atoms with Gasteiger partial charge in [-0.3, -0.25) is 19.6 Å². The van der Waals surface area contributed by atoms with E-state index in [2.05, 4.69) is 0 Å². The van der Waals surface area contributed by atoms with Gasteiger partial charge in [-0.05, 0) is 25.7 Å². The summed E-state index contributed by atoms with van der Waals surface area (Å²) in [5, 5.41) is 5.32. The van der Waals surface area contributed by atoms with Gasteiger partial charge in [0.2, 0.25) is 0 Å². The van der Waals surface area contributed by atoms with Crippen LogP contribution in [-0.2, 0) is 9.59 Å². The summed E-state index contributed by atoms with van der Waals surface area (Å²) in [5.74, 6) is 0.615. The second-order valence-corrected chi connectivity index (χ2v) is 4.89. The van der Waals surface area contributed by atoms with Crippen molar-refractivity contribution >= 4 is 23.8 Å². The van der Waals surface area contributed by atoms with Gasteiger partial charge in [-0.2, -0.15) is 0 Å². The summed E-state index contributed by atoms with van der Waals surface area (Å²) in [5.41, 5.74) is 1.21. The smallest absolute Gasteiger partial charge is 0.261 e. The topological polar surface area (TPSA) is 63.4 Å². The number of nitrogens with zero attached hydrogens (tertiary/aromatic N) is 1. The van der Waals surface area contributed by atoms with E-state index >= 15 is 0 Å². The predicted octanol–water partition coefficient (Wildman–Crippen LogP) is 1.39. The monoisotopic (exact) mass is 252 g/mol. The fraction of sp³-hybridized carbons (Fsp3) is 0.500. The highest BCUT2D eigenvalue weighted by atomic mass is 32.2. The highest BCUT2D eigenvalue weighted by Crippen LogP contribution is 2.29. The third-order valence-electron chi connectivity index (χ3n) is 3.00. The molecule has 1 heterocycles. The Morgan fingerprint density at radius 3 is 2.24 bits per heavy atom. The van der Waals surface area contributed by atoms with E-state index in [0.717, 1.165) is 31.4 Å². The van der Waals surface area contributed by atoms with E-state index in [9.17, 15) is 9.59 Å². The van der Waals surface area contributed by atoms with Gasteiger partial charge in [-0.1, -0.05) is 24.1 Å². The first-order valence-electron chi connectivity index (χ1n) is 5.84. The first-order chi connectivity index (χ1) is 8.25. The molecule has 1 aliphatic heterocycles. The van der Waals surface area contributed by atoms with Crippen LogP contribution in [0.1, 0.15) is 25.7 Å². The van der Waals surface area contributed by atoms with E-state index in [1.807, 2.05) is 12.2 Å². The van der Waals surface area contributed by atoms with Gasteiger partial charge in [0.15, 0.2) is 0 Å². The lowest BCUT2D eigenvalue weighted by Gasteiger charge is -2.12. The van der Waals surface area contributed by atoms with Gasteiger partial charge < -0.3 is 0 Å². The zero-order chi connectivity index (χ0) is 12.3. The Labute approximate surface area is 105 Å². The molecule has 2 aliphatic rings. The van der Waals surface area contributed by atoms with Crippen molar-refractivity contribution in [3.8, 4) is 0 Å². The van der Waals surface area contributed by atoms with Gasteiger partial charge in [0.05, 0.1) is 0 Å². The van der Waals surface area contributed by atoms with Crippen molar-refractivity contribution in [1.82, 2.24) is 4.90 Å². The van der Waals surface area contributed by atoms with Crippen LogP contribution in [0.3, 0.4) is 0 Å². The van der Waals surface area contributed by atoms with E-state index in [1.54, 1.807) is 0 Å². The number of carbonyl (C=O) groups excluding carboxylic acids is 2. The van der Waals surface area contributed by atoms with Crippen LogP contribution in [0.2, 0.25) is 0 Å². The summed E-state index contributed by atoms with van der Waals surface area (Å²) >= 11 is 1.29. The van der Waals surface area contributed by atoms with Crippen molar-refractivity contribution in [2.45, 2.75) is 25.7 Å². The maximum atomic E-state index is 12.0. The zero-order valence-corrected chi connectivity index (χ0v) is 10.5. The minimum atomic E-state index is -0.124. The summed E-state index contributed by atoms with van der Waals surface area (Å²) in [6.07, 6.45) is 7.22. The second kappa shape index (κ2) is 5.51. The largest absolute Gasteiger partial charge is 0.278 e. The van der Waals surface area contributed by atoms with Crippen LogP contribution in [0.4, 0.5) is 0 Å². The molecule has 0 saturated carbocycles. The molecule has 0 unspecified atom stereocenters. The van der Waals surface area contributed by atoms with Gasteiger partial charge in [0.1, 0.15) is 0 Å². The fourth-order valence-corrected chi connectivity index (χ4v) is 2.49. The number of nitrogens with two attached hydrogens (primary N) is 1. The third-order valence-corrected chi connectivity index (χ3v) is 3.52. The van der Waals surface area contributed by atoms with Crippen molar-refractivity contribution in [3.63, 3.8) is 0 Å². The van der Waals surface area contributed by atoms with Crippen LogP contribution in [0.25, 0.3) is 0 Å². The summed E-state index contributed by atoms with van der Waals surface area (Å²) in [7, 11) is 0. The average molecular weight is 252 g/mol. The zero-order valence-electron chi connectivity index (χ0n) is 9.65. The number of amides is 2. The number of unbranched alkanes of at least 4 members (excludes halogenated alkanes) is 1. The van der Waals surface area contributed by atoms with Gasteiger partial charge in [0, 0.05) is 23.4 Å².